The van der Waals surface area contributed by atoms with E-state index < -0.39 is 15.1 Å². The molecule has 0 saturated heterocycles. The molecule has 0 amide bonds. The van der Waals surface area contributed by atoms with Crippen molar-refractivity contribution >= 4 is 10.1 Å². The third-order valence-corrected chi connectivity index (χ3v) is 2.85. The molecule has 7 heteroatoms. The van der Waals surface area contributed by atoms with E-state index in [1.165, 1.54) is 0 Å². The number of rotatable bonds is 2. The summed E-state index contributed by atoms with van der Waals surface area (Å²) in [5.41, 5.74) is 10.2. The van der Waals surface area contributed by atoms with E-state index in [1.807, 2.05) is 0 Å². The van der Waals surface area contributed by atoms with Crippen LogP contribution in [0.25, 0.3) is 0 Å². The van der Waals surface area contributed by atoms with Gasteiger partial charge in [-0.15, -0.1) is 0 Å². The first-order valence-corrected chi connectivity index (χ1v) is 4.29. The predicted molar refractivity (Wildman–Crippen MR) is 33.5 cm³/mol. The van der Waals surface area contributed by atoms with Crippen LogP contribution in [0.15, 0.2) is 0 Å². The van der Waals surface area contributed by atoms with Crippen molar-refractivity contribution < 1.29 is 42.5 Å². The van der Waals surface area contributed by atoms with Crippen molar-refractivity contribution in [3.63, 3.8) is 0 Å². The van der Waals surface area contributed by atoms with Crippen LogP contribution in [0.5, 0.6) is 0 Å². The fraction of sp³-hybridized carbons (Fsp3) is 1.00. The zero-order valence-corrected chi connectivity index (χ0v) is 9.10. The molecule has 1 aliphatic rings. The zero-order valence-electron chi connectivity index (χ0n) is 6.28. The van der Waals surface area contributed by atoms with Crippen molar-refractivity contribution in [2.45, 2.75) is 17.8 Å². The minimum atomic E-state index is -4.53. The second-order valence-corrected chi connectivity index (χ2v) is 4.20. The van der Waals surface area contributed by atoms with Crippen LogP contribution in [0.2, 0.25) is 0 Å². The summed E-state index contributed by atoms with van der Waals surface area (Å²) in [4.78, 5) is -2.03. The fourth-order valence-electron chi connectivity index (χ4n) is 0.739. The Bertz CT molecular complexity index is 234. The summed E-state index contributed by atoms with van der Waals surface area (Å²) in [7, 11) is -4.53. The van der Waals surface area contributed by atoms with E-state index in [0.717, 1.165) is 0 Å². The van der Waals surface area contributed by atoms with Gasteiger partial charge in [-0.25, -0.2) is 8.42 Å². The molecule has 11 heavy (non-hydrogen) atoms. The molecule has 0 spiro atoms. The monoisotopic (exact) mass is 188 g/mol. The van der Waals surface area contributed by atoms with Crippen LogP contribution in [0.3, 0.4) is 0 Å². The molecule has 60 valence electrons. The van der Waals surface area contributed by atoms with Crippen LogP contribution in [-0.2, 0) is 10.1 Å². The summed E-state index contributed by atoms with van der Waals surface area (Å²) in [6.45, 7) is 0. The Morgan fingerprint density at radius 3 is 1.82 bits per heavy atom. The van der Waals surface area contributed by atoms with Crippen LogP contribution >= 0.6 is 0 Å². The summed E-state index contributed by atoms with van der Waals surface area (Å²) < 4.78 is 31.0. The van der Waals surface area contributed by atoms with Gasteiger partial charge in [0.25, 0.3) is 0 Å². The van der Waals surface area contributed by atoms with Crippen LogP contribution in [-0.4, -0.2) is 18.0 Å². The molecule has 0 aliphatic heterocycles. The van der Waals surface area contributed by atoms with E-state index in [4.69, 9.17) is 11.5 Å². The second kappa shape index (κ2) is 3.29. The minimum Gasteiger partial charge on any atom is -0.745 e. The summed E-state index contributed by atoms with van der Waals surface area (Å²) in [5, 5.41) is 0. The third-order valence-electron chi connectivity index (χ3n) is 1.65. The number of hydrogen-bond acceptors (Lipinski definition) is 5. The summed E-state index contributed by atoms with van der Waals surface area (Å²) in [5.74, 6) is -0.338. The van der Waals surface area contributed by atoms with Gasteiger partial charge in [0, 0.05) is 5.92 Å². The fourth-order valence-corrected chi connectivity index (χ4v) is 1.38. The van der Waals surface area contributed by atoms with Crippen molar-refractivity contribution in [3.8, 4) is 0 Å². The Hall–Kier alpha value is 0.830. The smallest absolute Gasteiger partial charge is 0.745 e. The van der Waals surface area contributed by atoms with E-state index in [-0.39, 0.29) is 35.5 Å². The molecule has 0 heterocycles. The van der Waals surface area contributed by atoms with Gasteiger partial charge in [0.2, 0.25) is 0 Å². The van der Waals surface area contributed by atoms with Gasteiger partial charge in [0.1, 0.15) is 10.1 Å². The molecule has 1 aliphatic carbocycles. The normalized spacial score (nSPS) is 19.2. The average Bonchev–Trinajstić information content (AvgIpc) is 2.38. The molecular formula is C4H9N2NaO3S. The molecule has 0 aromatic carbocycles. The van der Waals surface area contributed by atoms with Gasteiger partial charge >= 0.3 is 29.6 Å². The molecule has 4 N–H and O–H groups in total. The van der Waals surface area contributed by atoms with Gasteiger partial charge in [0.15, 0.2) is 4.99 Å². The van der Waals surface area contributed by atoms with Crippen molar-refractivity contribution in [2.24, 2.45) is 17.4 Å². The molecule has 0 atom stereocenters. The standard InChI is InChI=1S/C4H10N2O3S.Na/c5-4(6,3-1-2-3)10(7,8)9;/h3H,1-2,5-6H2,(H,7,8,9);/q;+1/p-1. The van der Waals surface area contributed by atoms with E-state index in [9.17, 15) is 13.0 Å². The Morgan fingerprint density at radius 2 is 1.73 bits per heavy atom. The van der Waals surface area contributed by atoms with Crippen molar-refractivity contribution in [1.29, 1.82) is 0 Å². The molecule has 0 radical (unpaired) electrons. The van der Waals surface area contributed by atoms with Gasteiger partial charge in [-0.1, -0.05) is 0 Å². The Kier molecular flexibility index (Phi) is 3.54. The Labute approximate surface area is 87.6 Å². The number of nitrogens with two attached hydrogens (primary N) is 2. The van der Waals surface area contributed by atoms with E-state index >= 15 is 0 Å². The third kappa shape index (κ3) is 2.38. The zero-order chi connectivity index (χ0) is 7.99. The number of hydrogen-bond donors (Lipinski definition) is 2. The maximum Gasteiger partial charge on any atom is 1.00 e. The quantitative estimate of drug-likeness (QED) is 0.258. The molecule has 0 unspecified atom stereocenters. The molecule has 5 nitrogen and oxygen atoms in total. The molecule has 0 aromatic rings. The first-order valence-electron chi connectivity index (χ1n) is 2.89. The van der Waals surface area contributed by atoms with E-state index in [1.54, 1.807) is 0 Å². The van der Waals surface area contributed by atoms with Gasteiger partial charge in [-0.2, -0.15) is 0 Å². The van der Waals surface area contributed by atoms with Crippen LogP contribution in [0.1, 0.15) is 12.8 Å². The maximum atomic E-state index is 10.3. The maximum absolute atomic E-state index is 10.3. The van der Waals surface area contributed by atoms with Gasteiger partial charge < -0.3 is 16.0 Å². The van der Waals surface area contributed by atoms with Gasteiger partial charge in [0.05, 0.1) is 0 Å². The summed E-state index contributed by atoms with van der Waals surface area (Å²) in [6.07, 6.45) is 1.27. The summed E-state index contributed by atoms with van der Waals surface area (Å²) in [6, 6.07) is 0. The molecule has 0 aromatic heterocycles. The topological polar surface area (TPSA) is 109 Å². The second-order valence-electron chi connectivity index (χ2n) is 2.58. The van der Waals surface area contributed by atoms with E-state index in [2.05, 4.69) is 0 Å². The Morgan fingerprint density at radius 1 is 1.36 bits per heavy atom. The van der Waals surface area contributed by atoms with E-state index in [0.29, 0.717) is 12.8 Å². The molecule has 1 saturated carbocycles. The summed E-state index contributed by atoms with van der Waals surface area (Å²) >= 11 is 0. The molecule has 0 bridgehead atoms. The van der Waals surface area contributed by atoms with Crippen LogP contribution < -0.4 is 41.0 Å². The van der Waals surface area contributed by atoms with Crippen molar-refractivity contribution in [3.05, 3.63) is 0 Å². The Balaban J connectivity index is 0.000001000. The largest absolute Gasteiger partial charge is 1.00 e. The van der Waals surface area contributed by atoms with Crippen LogP contribution in [0.4, 0.5) is 0 Å². The molecule has 1 rings (SSSR count). The van der Waals surface area contributed by atoms with Crippen molar-refractivity contribution in [2.75, 3.05) is 0 Å². The van der Waals surface area contributed by atoms with Gasteiger partial charge in [-0.3, -0.25) is 0 Å². The van der Waals surface area contributed by atoms with Gasteiger partial charge in [-0.05, 0) is 12.8 Å². The average molecular weight is 188 g/mol. The van der Waals surface area contributed by atoms with Crippen LogP contribution in [0, 0.1) is 5.92 Å². The minimum absolute atomic E-state index is 0. The molecule has 1 fully saturated rings. The predicted octanol–water partition coefficient (Wildman–Crippen LogP) is -4.48. The first-order chi connectivity index (χ1) is 4.36. The molecular weight excluding hydrogens is 179 g/mol. The van der Waals surface area contributed by atoms with Crippen molar-refractivity contribution in [1.82, 2.24) is 0 Å². The SMILES string of the molecule is NC(N)(C1CC1)S(=O)(=O)[O-].[Na+]. The first kappa shape index (κ1) is 11.8.